The van der Waals surface area contributed by atoms with Crippen LogP contribution in [-0.2, 0) is 0 Å². The first-order valence-electron chi connectivity index (χ1n) is 4.75. The summed E-state index contributed by atoms with van der Waals surface area (Å²) in [7, 11) is 0. The van der Waals surface area contributed by atoms with Crippen LogP contribution in [0.25, 0.3) is 0 Å². The van der Waals surface area contributed by atoms with E-state index in [0.717, 1.165) is 18.6 Å². The molecule has 0 heterocycles. The molecule has 78 valence electrons. The minimum Gasteiger partial charge on any atom is -0.494 e. The maximum atomic E-state index is 9.02. The van der Waals surface area contributed by atoms with Crippen molar-refractivity contribution < 1.29 is 9.84 Å². The first-order chi connectivity index (χ1) is 6.68. The SMILES string of the molecule is CC(O)CCCOc1cccc(Cl)c1. The largest absolute Gasteiger partial charge is 0.494 e. The fourth-order valence-electron chi connectivity index (χ4n) is 1.13. The predicted molar refractivity (Wildman–Crippen MR) is 57.9 cm³/mol. The second kappa shape index (κ2) is 5.89. The van der Waals surface area contributed by atoms with Crippen LogP contribution in [0.1, 0.15) is 19.8 Å². The molecule has 0 aromatic heterocycles. The maximum Gasteiger partial charge on any atom is 0.120 e. The molecule has 0 amide bonds. The van der Waals surface area contributed by atoms with E-state index in [1.54, 1.807) is 13.0 Å². The van der Waals surface area contributed by atoms with Gasteiger partial charge in [-0.3, -0.25) is 0 Å². The number of hydrogen-bond acceptors (Lipinski definition) is 2. The molecule has 0 saturated carbocycles. The molecule has 0 aliphatic carbocycles. The van der Waals surface area contributed by atoms with Crippen LogP contribution < -0.4 is 4.74 Å². The van der Waals surface area contributed by atoms with E-state index in [2.05, 4.69) is 0 Å². The van der Waals surface area contributed by atoms with Crippen molar-refractivity contribution in [1.82, 2.24) is 0 Å². The van der Waals surface area contributed by atoms with Gasteiger partial charge in [0.1, 0.15) is 5.75 Å². The van der Waals surface area contributed by atoms with E-state index in [-0.39, 0.29) is 6.10 Å². The van der Waals surface area contributed by atoms with Gasteiger partial charge in [-0.1, -0.05) is 17.7 Å². The average Bonchev–Trinajstić information content (AvgIpc) is 2.12. The molecule has 0 fully saturated rings. The second-order valence-corrected chi connectivity index (χ2v) is 3.73. The molecule has 3 heteroatoms. The highest BCUT2D eigenvalue weighted by Crippen LogP contribution is 2.17. The Morgan fingerprint density at radius 3 is 2.93 bits per heavy atom. The van der Waals surface area contributed by atoms with Gasteiger partial charge in [-0.25, -0.2) is 0 Å². The zero-order valence-electron chi connectivity index (χ0n) is 8.24. The van der Waals surface area contributed by atoms with Crippen molar-refractivity contribution >= 4 is 11.6 Å². The molecule has 14 heavy (non-hydrogen) atoms. The number of benzene rings is 1. The van der Waals surface area contributed by atoms with E-state index in [1.807, 2.05) is 18.2 Å². The predicted octanol–water partition coefficient (Wildman–Crippen LogP) is 2.88. The Morgan fingerprint density at radius 1 is 1.50 bits per heavy atom. The lowest BCUT2D eigenvalue weighted by atomic mass is 10.2. The van der Waals surface area contributed by atoms with Crippen LogP contribution in [0.3, 0.4) is 0 Å². The van der Waals surface area contributed by atoms with Crippen molar-refractivity contribution in [2.24, 2.45) is 0 Å². The minimum absolute atomic E-state index is 0.252. The summed E-state index contributed by atoms with van der Waals surface area (Å²) in [5, 5.41) is 9.70. The summed E-state index contributed by atoms with van der Waals surface area (Å²) in [6.07, 6.45) is 1.36. The van der Waals surface area contributed by atoms with E-state index in [0.29, 0.717) is 11.6 Å². The summed E-state index contributed by atoms with van der Waals surface area (Å²) < 4.78 is 5.44. The van der Waals surface area contributed by atoms with Crippen molar-refractivity contribution in [2.45, 2.75) is 25.9 Å². The highest BCUT2D eigenvalue weighted by molar-refractivity contribution is 6.30. The lowest BCUT2D eigenvalue weighted by molar-refractivity contribution is 0.170. The first-order valence-corrected chi connectivity index (χ1v) is 5.12. The number of hydrogen-bond donors (Lipinski definition) is 1. The Kier molecular flexibility index (Phi) is 4.77. The standard InChI is InChI=1S/C11H15ClO2/c1-9(13)4-3-7-14-11-6-2-5-10(12)8-11/h2,5-6,8-9,13H,3-4,7H2,1H3. The molecule has 1 aromatic carbocycles. The molecule has 1 N–H and O–H groups in total. The third-order valence-electron chi connectivity index (χ3n) is 1.83. The number of aliphatic hydroxyl groups excluding tert-OH is 1. The zero-order chi connectivity index (χ0) is 10.4. The Labute approximate surface area is 89.5 Å². The molecule has 0 spiro atoms. The Bertz CT molecular complexity index is 274. The lowest BCUT2D eigenvalue weighted by Gasteiger charge is -2.07. The van der Waals surface area contributed by atoms with Crippen LogP contribution in [0, 0.1) is 0 Å². The number of aliphatic hydroxyl groups is 1. The average molecular weight is 215 g/mol. The molecule has 1 atom stereocenters. The van der Waals surface area contributed by atoms with Gasteiger partial charge in [0, 0.05) is 5.02 Å². The van der Waals surface area contributed by atoms with E-state index in [9.17, 15) is 0 Å². The highest BCUT2D eigenvalue weighted by atomic mass is 35.5. The van der Waals surface area contributed by atoms with Crippen molar-refractivity contribution in [2.75, 3.05) is 6.61 Å². The van der Waals surface area contributed by atoms with Crippen LogP contribution in [0.15, 0.2) is 24.3 Å². The number of halogens is 1. The molecule has 0 aliphatic heterocycles. The Morgan fingerprint density at radius 2 is 2.29 bits per heavy atom. The van der Waals surface area contributed by atoms with Crippen molar-refractivity contribution in [1.29, 1.82) is 0 Å². The van der Waals surface area contributed by atoms with Gasteiger partial charge in [-0.05, 0) is 38.0 Å². The van der Waals surface area contributed by atoms with Crippen LogP contribution in [-0.4, -0.2) is 17.8 Å². The monoisotopic (exact) mass is 214 g/mol. The van der Waals surface area contributed by atoms with Crippen molar-refractivity contribution in [3.05, 3.63) is 29.3 Å². The second-order valence-electron chi connectivity index (χ2n) is 3.30. The number of ether oxygens (including phenoxy) is 1. The van der Waals surface area contributed by atoms with Crippen LogP contribution in [0.4, 0.5) is 0 Å². The summed E-state index contributed by atoms with van der Waals surface area (Å²) >= 11 is 5.79. The Balaban J connectivity index is 2.25. The van der Waals surface area contributed by atoms with Gasteiger partial charge in [0.2, 0.25) is 0 Å². The quantitative estimate of drug-likeness (QED) is 0.764. The molecular formula is C11H15ClO2. The molecule has 0 aliphatic rings. The van der Waals surface area contributed by atoms with E-state index in [4.69, 9.17) is 21.4 Å². The van der Waals surface area contributed by atoms with E-state index < -0.39 is 0 Å². The molecule has 1 rings (SSSR count). The van der Waals surface area contributed by atoms with Crippen LogP contribution >= 0.6 is 11.6 Å². The normalized spacial score (nSPS) is 12.5. The fourth-order valence-corrected chi connectivity index (χ4v) is 1.31. The fraction of sp³-hybridized carbons (Fsp3) is 0.455. The molecular weight excluding hydrogens is 200 g/mol. The topological polar surface area (TPSA) is 29.5 Å². The lowest BCUT2D eigenvalue weighted by Crippen LogP contribution is -2.04. The molecule has 1 aromatic rings. The summed E-state index contributed by atoms with van der Waals surface area (Å²) in [6.45, 7) is 2.39. The molecule has 0 saturated heterocycles. The summed E-state index contributed by atoms with van der Waals surface area (Å²) in [5.74, 6) is 0.781. The smallest absolute Gasteiger partial charge is 0.120 e. The van der Waals surface area contributed by atoms with E-state index >= 15 is 0 Å². The van der Waals surface area contributed by atoms with Gasteiger partial charge in [0.25, 0.3) is 0 Å². The first kappa shape index (κ1) is 11.3. The van der Waals surface area contributed by atoms with Gasteiger partial charge in [0.05, 0.1) is 12.7 Å². The summed E-state index contributed by atoms with van der Waals surface area (Å²) in [5.41, 5.74) is 0. The Hall–Kier alpha value is -0.730. The van der Waals surface area contributed by atoms with Gasteiger partial charge >= 0.3 is 0 Å². The molecule has 1 unspecified atom stereocenters. The molecule has 2 nitrogen and oxygen atoms in total. The summed E-state index contributed by atoms with van der Waals surface area (Å²) in [6, 6.07) is 7.31. The van der Waals surface area contributed by atoms with Crippen LogP contribution in [0.2, 0.25) is 5.02 Å². The third-order valence-corrected chi connectivity index (χ3v) is 2.07. The van der Waals surface area contributed by atoms with Crippen molar-refractivity contribution in [3.8, 4) is 5.75 Å². The maximum absolute atomic E-state index is 9.02. The minimum atomic E-state index is -0.252. The molecule has 0 radical (unpaired) electrons. The highest BCUT2D eigenvalue weighted by Gasteiger charge is 1.97. The molecule has 0 bridgehead atoms. The third kappa shape index (κ3) is 4.49. The summed E-state index contributed by atoms with van der Waals surface area (Å²) in [4.78, 5) is 0. The van der Waals surface area contributed by atoms with Gasteiger partial charge in [-0.2, -0.15) is 0 Å². The van der Waals surface area contributed by atoms with Gasteiger partial charge in [0.15, 0.2) is 0 Å². The van der Waals surface area contributed by atoms with Crippen LogP contribution in [0.5, 0.6) is 5.75 Å². The van der Waals surface area contributed by atoms with Gasteiger partial charge < -0.3 is 9.84 Å². The number of rotatable bonds is 5. The van der Waals surface area contributed by atoms with Crippen molar-refractivity contribution in [3.63, 3.8) is 0 Å². The van der Waals surface area contributed by atoms with E-state index in [1.165, 1.54) is 0 Å². The zero-order valence-corrected chi connectivity index (χ0v) is 9.00. The van der Waals surface area contributed by atoms with Gasteiger partial charge in [-0.15, -0.1) is 0 Å².